The summed E-state index contributed by atoms with van der Waals surface area (Å²) in [6.07, 6.45) is 1.05. The fraction of sp³-hybridized carbons (Fsp3) is 0.600. The molecule has 2 nitrogen and oxygen atoms in total. The van der Waals surface area contributed by atoms with Crippen molar-refractivity contribution < 1.29 is 8.78 Å². The van der Waals surface area contributed by atoms with Gasteiger partial charge in [-0.15, -0.1) is 0 Å². The standard InChI is InChI=1S/C15H24F2N2/c1-4-10-19(6-3)11-14(18-5-2)12-8-7-9-13(16)15(12)17/h7-9,14,18H,4-6,10-11H2,1-3H3. The van der Waals surface area contributed by atoms with Crippen LogP contribution in [-0.2, 0) is 0 Å². The summed E-state index contributed by atoms with van der Waals surface area (Å²) in [6, 6.07) is 4.21. The number of likely N-dealkylation sites (N-methyl/N-ethyl adjacent to an activating group) is 2. The van der Waals surface area contributed by atoms with E-state index in [1.54, 1.807) is 12.1 Å². The highest BCUT2D eigenvalue weighted by atomic mass is 19.2. The van der Waals surface area contributed by atoms with Gasteiger partial charge in [0.05, 0.1) is 0 Å². The van der Waals surface area contributed by atoms with Crippen LogP contribution in [-0.4, -0.2) is 31.1 Å². The maximum Gasteiger partial charge on any atom is 0.163 e. The lowest BCUT2D eigenvalue weighted by Gasteiger charge is -2.27. The van der Waals surface area contributed by atoms with Gasteiger partial charge in [-0.05, 0) is 32.1 Å². The van der Waals surface area contributed by atoms with Gasteiger partial charge in [0, 0.05) is 18.2 Å². The van der Waals surface area contributed by atoms with E-state index in [0.717, 1.165) is 32.1 Å². The third-order valence-electron chi connectivity index (χ3n) is 3.24. The smallest absolute Gasteiger partial charge is 0.163 e. The molecule has 0 saturated carbocycles. The van der Waals surface area contributed by atoms with Crippen LogP contribution in [0.1, 0.15) is 38.8 Å². The van der Waals surface area contributed by atoms with Crippen LogP contribution in [0.4, 0.5) is 8.78 Å². The molecule has 0 bridgehead atoms. The summed E-state index contributed by atoms with van der Waals surface area (Å²) in [4.78, 5) is 2.25. The highest BCUT2D eigenvalue weighted by molar-refractivity contribution is 5.23. The number of hydrogen-bond acceptors (Lipinski definition) is 2. The van der Waals surface area contributed by atoms with Gasteiger partial charge in [-0.25, -0.2) is 8.78 Å². The molecule has 0 spiro atoms. The Kier molecular flexibility index (Phi) is 6.95. The summed E-state index contributed by atoms with van der Waals surface area (Å²) in [5.74, 6) is -1.51. The average Bonchev–Trinajstić information content (AvgIpc) is 2.40. The Morgan fingerprint density at radius 2 is 1.95 bits per heavy atom. The summed E-state index contributed by atoms with van der Waals surface area (Å²) < 4.78 is 27.2. The highest BCUT2D eigenvalue weighted by Gasteiger charge is 2.19. The maximum absolute atomic E-state index is 13.9. The lowest BCUT2D eigenvalue weighted by molar-refractivity contribution is 0.252. The minimum Gasteiger partial charge on any atom is -0.309 e. The first kappa shape index (κ1) is 16.1. The van der Waals surface area contributed by atoms with Crippen molar-refractivity contribution in [1.29, 1.82) is 0 Å². The number of nitrogens with one attached hydrogen (secondary N) is 1. The molecule has 19 heavy (non-hydrogen) atoms. The second-order valence-corrected chi connectivity index (χ2v) is 4.65. The molecule has 0 aliphatic carbocycles. The molecule has 0 radical (unpaired) electrons. The van der Waals surface area contributed by atoms with Crippen molar-refractivity contribution in [2.45, 2.75) is 33.2 Å². The van der Waals surface area contributed by atoms with E-state index in [1.165, 1.54) is 0 Å². The third kappa shape index (κ3) is 4.55. The van der Waals surface area contributed by atoms with Crippen molar-refractivity contribution in [2.75, 3.05) is 26.2 Å². The van der Waals surface area contributed by atoms with Crippen LogP contribution in [0.3, 0.4) is 0 Å². The van der Waals surface area contributed by atoms with E-state index in [0.29, 0.717) is 12.1 Å². The van der Waals surface area contributed by atoms with E-state index in [-0.39, 0.29) is 6.04 Å². The summed E-state index contributed by atoms with van der Waals surface area (Å²) in [6.45, 7) is 9.47. The van der Waals surface area contributed by atoms with Crippen molar-refractivity contribution >= 4 is 0 Å². The van der Waals surface area contributed by atoms with Crippen molar-refractivity contribution in [2.24, 2.45) is 0 Å². The summed E-state index contributed by atoms with van der Waals surface area (Å²) in [5, 5.41) is 3.24. The molecular weight excluding hydrogens is 246 g/mol. The molecule has 0 saturated heterocycles. The molecule has 1 atom stereocenters. The number of rotatable bonds is 8. The van der Waals surface area contributed by atoms with E-state index >= 15 is 0 Å². The highest BCUT2D eigenvalue weighted by Crippen LogP contribution is 2.20. The monoisotopic (exact) mass is 270 g/mol. The number of benzene rings is 1. The van der Waals surface area contributed by atoms with E-state index < -0.39 is 11.6 Å². The molecule has 0 aromatic heterocycles. The maximum atomic E-state index is 13.9. The fourth-order valence-electron chi connectivity index (χ4n) is 2.26. The molecule has 0 aliphatic rings. The first-order chi connectivity index (χ1) is 9.13. The molecule has 0 heterocycles. The van der Waals surface area contributed by atoms with Gasteiger partial charge in [-0.3, -0.25) is 0 Å². The number of halogens is 2. The summed E-state index contributed by atoms with van der Waals surface area (Å²) >= 11 is 0. The van der Waals surface area contributed by atoms with E-state index in [4.69, 9.17) is 0 Å². The molecule has 108 valence electrons. The van der Waals surface area contributed by atoms with Crippen LogP contribution >= 0.6 is 0 Å². The fourth-order valence-corrected chi connectivity index (χ4v) is 2.26. The minimum atomic E-state index is -0.779. The molecule has 0 amide bonds. The predicted octanol–water partition coefficient (Wildman–Crippen LogP) is 3.35. The predicted molar refractivity (Wildman–Crippen MR) is 75.2 cm³/mol. The second-order valence-electron chi connectivity index (χ2n) is 4.65. The first-order valence-electron chi connectivity index (χ1n) is 7.03. The van der Waals surface area contributed by atoms with Crippen LogP contribution in [0.15, 0.2) is 18.2 Å². The zero-order valence-corrected chi connectivity index (χ0v) is 12.0. The van der Waals surface area contributed by atoms with Gasteiger partial charge >= 0.3 is 0 Å². The summed E-state index contributed by atoms with van der Waals surface area (Å²) in [7, 11) is 0. The van der Waals surface area contributed by atoms with Crippen molar-refractivity contribution in [1.82, 2.24) is 10.2 Å². The van der Waals surface area contributed by atoms with Gasteiger partial charge in [0.2, 0.25) is 0 Å². The van der Waals surface area contributed by atoms with Gasteiger partial charge in [-0.2, -0.15) is 0 Å². The molecule has 4 heteroatoms. The molecule has 1 aromatic carbocycles. The summed E-state index contributed by atoms with van der Waals surface area (Å²) in [5.41, 5.74) is 0.413. The van der Waals surface area contributed by atoms with Crippen molar-refractivity contribution in [3.8, 4) is 0 Å². The quantitative estimate of drug-likeness (QED) is 0.779. The molecule has 1 rings (SSSR count). The van der Waals surface area contributed by atoms with Gasteiger partial charge in [-0.1, -0.05) is 32.9 Å². The molecule has 1 unspecified atom stereocenters. The second kappa shape index (κ2) is 8.23. The number of hydrogen-bond donors (Lipinski definition) is 1. The Bertz CT molecular complexity index is 382. The SMILES string of the molecule is CCCN(CC)CC(NCC)c1cccc(F)c1F. The first-order valence-corrected chi connectivity index (χ1v) is 7.03. The Hall–Kier alpha value is -1.00. The molecule has 1 aromatic rings. The largest absolute Gasteiger partial charge is 0.309 e. The van der Waals surface area contributed by atoms with E-state index in [1.807, 2.05) is 6.92 Å². The molecule has 0 aliphatic heterocycles. The Morgan fingerprint density at radius 1 is 1.21 bits per heavy atom. The van der Waals surface area contributed by atoms with Gasteiger partial charge in [0.15, 0.2) is 11.6 Å². The van der Waals surface area contributed by atoms with Gasteiger partial charge < -0.3 is 10.2 Å². The van der Waals surface area contributed by atoms with Gasteiger partial charge in [0.1, 0.15) is 0 Å². The number of nitrogens with zero attached hydrogens (tertiary/aromatic N) is 1. The Morgan fingerprint density at radius 3 is 2.53 bits per heavy atom. The lowest BCUT2D eigenvalue weighted by Crippen LogP contribution is -2.36. The van der Waals surface area contributed by atoms with Gasteiger partial charge in [0.25, 0.3) is 0 Å². The van der Waals surface area contributed by atoms with Crippen LogP contribution in [0, 0.1) is 11.6 Å². The topological polar surface area (TPSA) is 15.3 Å². The normalized spacial score (nSPS) is 12.9. The van der Waals surface area contributed by atoms with E-state index in [9.17, 15) is 8.78 Å². The zero-order valence-electron chi connectivity index (χ0n) is 12.0. The lowest BCUT2D eigenvalue weighted by atomic mass is 10.0. The van der Waals surface area contributed by atoms with Crippen LogP contribution in [0.5, 0.6) is 0 Å². The minimum absolute atomic E-state index is 0.174. The Labute approximate surface area is 114 Å². The molecule has 0 fully saturated rings. The van der Waals surface area contributed by atoms with Crippen LogP contribution in [0.2, 0.25) is 0 Å². The third-order valence-corrected chi connectivity index (χ3v) is 3.24. The van der Waals surface area contributed by atoms with Crippen molar-refractivity contribution in [3.63, 3.8) is 0 Å². The van der Waals surface area contributed by atoms with Crippen LogP contribution < -0.4 is 5.32 Å². The Balaban J connectivity index is 2.89. The van der Waals surface area contributed by atoms with E-state index in [2.05, 4.69) is 24.1 Å². The average molecular weight is 270 g/mol. The molecule has 1 N–H and O–H groups in total. The van der Waals surface area contributed by atoms with Crippen molar-refractivity contribution in [3.05, 3.63) is 35.4 Å². The molecular formula is C15H24F2N2. The van der Waals surface area contributed by atoms with Crippen LogP contribution in [0.25, 0.3) is 0 Å². The zero-order chi connectivity index (χ0) is 14.3.